The molecule has 126 valence electrons. The van der Waals surface area contributed by atoms with E-state index in [0.717, 1.165) is 0 Å². The Morgan fingerprint density at radius 1 is 0.920 bits per heavy atom. The Morgan fingerprint density at radius 2 is 1.52 bits per heavy atom. The van der Waals surface area contributed by atoms with Gasteiger partial charge in [-0.1, -0.05) is 12.1 Å². The number of fused-ring (bicyclic) bond motifs is 1. The molecule has 2 aromatic carbocycles. The minimum absolute atomic E-state index is 0.0544. The molecule has 1 heterocycles. The summed E-state index contributed by atoms with van der Waals surface area (Å²) in [5.74, 6) is 0. The second-order valence-corrected chi connectivity index (χ2v) is 5.60. The van der Waals surface area contributed by atoms with E-state index >= 15 is 0 Å². The van der Waals surface area contributed by atoms with Crippen molar-refractivity contribution in [2.75, 3.05) is 0 Å². The normalized spacial score (nSPS) is 10.7. The molecule has 12 heteroatoms. The SMILES string of the molecule is O=[N+]([O-])c1cc([N+](=O)[O-])c(Sc2nc3ccccc3o2)c([N+](=O)[O-])c1. The third-order valence-corrected chi connectivity index (χ3v) is 4.07. The van der Waals surface area contributed by atoms with Gasteiger partial charge >= 0.3 is 0 Å². The van der Waals surface area contributed by atoms with Gasteiger partial charge in [0, 0.05) is 0 Å². The van der Waals surface area contributed by atoms with Gasteiger partial charge in [-0.2, -0.15) is 0 Å². The van der Waals surface area contributed by atoms with Gasteiger partial charge in [0.15, 0.2) is 10.5 Å². The zero-order valence-electron chi connectivity index (χ0n) is 12.0. The van der Waals surface area contributed by atoms with E-state index < -0.39 is 36.7 Å². The Balaban J connectivity index is 2.17. The van der Waals surface area contributed by atoms with Gasteiger partial charge in [0.2, 0.25) is 0 Å². The molecule has 0 aliphatic carbocycles. The molecule has 0 saturated carbocycles. The zero-order valence-corrected chi connectivity index (χ0v) is 12.8. The highest BCUT2D eigenvalue weighted by molar-refractivity contribution is 7.99. The van der Waals surface area contributed by atoms with E-state index in [0.29, 0.717) is 35.0 Å². The summed E-state index contributed by atoms with van der Waals surface area (Å²) >= 11 is 0.560. The lowest BCUT2D eigenvalue weighted by Crippen LogP contribution is -1.99. The van der Waals surface area contributed by atoms with Crippen molar-refractivity contribution in [3.63, 3.8) is 0 Å². The number of hydrogen-bond acceptors (Lipinski definition) is 9. The molecule has 0 unspecified atom stereocenters. The average molecular weight is 362 g/mol. The predicted molar refractivity (Wildman–Crippen MR) is 84.5 cm³/mol. The molecule has 0 aliphatic heterocycles. The van der Waals surface area contributed by atoms with Crippen LogP contribution in [0.5, 0.6) is 0 Å². The maximum atomic E-state index is 11.2. The van der Waals surface area contributed by atoms with Crippen LogP contribution in [0.2, 0.25) is 0 Å². The van der Waals surface area contributed by atoms with Gasteiger partial charge in [-0.05, 0) is 23.9 Å². The van der Waals surface area contributed by atoms with Gasteiger partial charge in [0.05, 0.1) is 26.9 Å². The fourth-order valence-corrected chi connectivity index (χ4v) is 2.97. The molecule has 0 radical (unpaired) electrons. The van der Waals surface area contributed by atoms with Crippen LogP contribution in [0.15, 0.2) is 50.9 Å². The van der Waals surface area contributed by atoms with Crippen molar-refractivity contribution in [2.45, 2.75) is 10.1 Å². The number of oxazole rings is 1. The van der Waals surface area contributed by atoms with Crippen LogP contribution in [0.4, 0.5) is 17.1 Å². The van der Waals surface area contributed by atoms with Crippen LogP contribution in [0.1, 0.15) is 0 Å². The largest absolute Gasteiger partial charge is 0.431 e. The third-order valence-electron chi connectivity index (χ3n) is 3.10. The zero-order chi connectivity index (χ0) is 18.1. The molecule has 25 heavy (non-hydrogen) atoms. The van der Waals surface area contributed by atoms with Crippen molar-refractivity contribution in [1.82, 2.24) is 4.98 Å². The number of nitro groups is 3. The van der Waals surface area contributed by atoms with Crippen molar-refractivity contribution in [3.8, 4) is 0 Å². The van der Waals surface area contributed by atoms with E-state index in [-0.39, 0.29) is 5.22 Å². The van der Waals surface area contributed by atoms with Gasteiger partial charge in [0.25, 0.3) is 22.3 Å². The molecule has 0 amide bonds. The van der Waals surface area contributed by atoms with Gasteiger partial charge in [-0.25, -0.2) is 4.98 Å². The average Bonchev–Trinajstić information content (AvgIpc) is 2.96. The second kappa shape index (κ2) is 6.16. The maximum Gasteiger partial charge on any atom is 0.297 e. The Morgan fingerprint density at radius 3 is 2.04 bits per heavy atom. The second-order valence-electron chi connectivity index (χ2n) is 4.63. The number of nitrogens with zero attached hydrogens (tertiary/aromatic N) is 4. The topological polar surface area (TPSA) is 155 Å². The first kappa shape index (κ1) is 16.3. The van der Waals surface area contributed by atoms with Crippen LogP contribution < -0.4 is 0 Å². The predicted octanol–water partition coefficient (Wildman–Crippen LogP) is 3.70. The number of rotatable bonds is 5. The summed E-state index contributed by atoms with van der Waals surface area (Å²) in [5.41, 5.74) is -1.42. The van der Waals surface area contributed by atoms with Gasteiger partial charge in [-0.3, -0.25) is 30.3 Å². The fourth-order valence-electron chi connectivity index (χ4n) is 2.05. The summed E-state index contributed by atoms with van der Waals surface area (Å²) in [6, 6.07) is 7.98. The molecule has 0 spiro atoms. The minimum Gasteiger partial charge on any atom is -0.431 e. The Kier molecular flexibility index (Phi) is 4.02. The molecule has 1 aromatic heterocycles. The Bertz CT molecular complexity index is 964. The number of nitro benzene ring substituents is 3. The summed E-state index contributed by atoms with van der Waals surface area (Å²) in [7, 11) is 0. The van der Waals surface area contributed by atoms with Crippen molar-refractivity contribution >= 4 is 39.9 Å². The lowest BCUT2D eigenvalue weighted by atomic mass is 10.2. The number of aromatic nitrogens is 1. The van der Waals surface area contributed by atoms with Crippen LogP contribution in [0, 0.1) is 30.3 Å². The van der Waals surface area contributed by atoms with E-state index in [4.69, 9.17) is 4.42 Å². The molecule has 0 fully saturated rings. The summed E-state index contributed by atoms with van der Waals surface area (Å²) in [6.07, 6.45) is 0. The first-order valence-electron chi connectivity index (χ1n) is 6.51. The molecular weight excluding hydrogens is 356 g/mol. The monoisotopic (exact) mass is 362 g/mol. The van der Waals surface area contributed by atoms with E-state index in [2.05, 4.69) is 4.98 Å². The van der Waals surface area contributed by atoms with E-state index in [1.165, 1.54) is 0 Å². The van der Waals surface area contributed by atoms with Gasteiger partial charge < -0.3 is 4.42 Å². The lowest BCUT2D eigenvalue weighted by Gasteiger charge is -2.02. The van der Waals surface area contributed by atoms with Crippen molar-refractivity contribution in [2.24, 2.45) is 0 Å². The molecular formula is C13H6N4O7S. The Labute approximate surface area is 141 Å². The minimum atomic E-state index is -0.937. The van der Waals surface area contributed by atoms with Crippen molar-refractivity contribution in [1.29, 1.82) is 0 Å². The lowest BCUT2D eigenvalue weighted by molar-refractivity contribution is -0.407. The van der Waals surface area contributed by atoms with Crippen molar-refractivity contribution < 1.29 is 19.2 Å². The molecule has 3 aromatic rings. The van der Waals surface area contributed by atoms with E-state index in [1.807, 2.05) is 0 Å². The number of hydrogen-bond donors (Lipinski definition) is 0. The third kappa shape index (κ3) is 3.10. The quantitative estimate of drug-likeness (QED) is 0.487. The highest BCUT2D eigenvalue weighted by Gasteiger charge is 2.32. The standard InChI is InChI=1S/C13H6N4O7S/c18-15(19)7-5-9(16(20)21)12(10(6-7)17(22)23)25-13-14-8-3-1-2-4-11(8)24-13/h1-6H. The summed E-state index contributed by atoms with van der Waals surface area (Å²) in [5, 5.41) is 33.3. The molecule has 0 atom stereocenters. The molecule has 3 rings (SSSR count). The summed E-state index contributed by atoms with van der Waals surface area (Å²) in [4.78, 5) is 34.2. The maximum absolute atomic E-state index is 11.2. The highest BCUT2D eigenvalue weighted by Crippen LogP contribution is 2.44. The first-order valence-corrected chi connectivity index (χ1v) is 7.33. The van der Waals surface area contributed by atoms with E-state index in [9.17, 15) is 30.3 Å². The number of para-hydroxylation sites is 2. The molecule has 0 bridgehead atoms. The summed E-state index contributed by atoms with van der Waals surface area (Å²) < 4.78 is 5.39. The van der Waals surface area contributed by atoms with Crippen LogP contribution in [0.3, 0.4) is 0 Å². The first-order chi connectivity index (χ1) is 11.9. The van der Waals surface area contributed by atoms with Gasteiger partial charge in [-0.15, -0.1) is 0 Å². The van der Waals surface area contributed by atoms with Crippen LogP contribution in [-0.2, 0) is 0 Å². The van der Waals surface area contributed by atoms with E-state index in [1.54, 1.807) is 24.3 Å². The Hall–Kier alpha value is -3.54. The van der Waals surface area contributed by atoms with Crippen LogP contribution in [-0.4, -0.2) is 19.8 Å². The fraction of sp³-hybridized carbons (Fsp3) is 0. The smallest absolute Gasteiger partial charge is 0.297 e. The number of non-ortho nitro benzene ring substituents is 1. The van der Waals surface area contributed by atoms with Crippen LogP contribution in [0.25, 0.3) is 11.1 Å². The highest BCUT2D eigenvalue weighted by atomic mass is 32.2. The molecule has 0 N–H and O–H groups in total. The molecule has 0 saturated heterocycles. The molecule has 11 nitrogen and oxygen atoms in total. The van der Waals surface area contributed by atoms with Crippen molar-refractivity contribution in [3.05, 3.63) is 66.7 Å². The van der Waals surface area contributed by atoms with Crippen LogP contribution >= 0.6 is 11.8 Å². The summed E-state index contributed by atoms with van der Waals surface area (Å²) in [6.45, 7) is 0. The van der Waals surface area contributed by atoms with Gasteiger partial charge in [0.1, 0.15) is 5.52 Å². The molecule has 0 aliphatic rings. The number of benzene rings is 2.